The third kappa shape index (κ3) is 5.44. The molecular weight excluding hydrogens is 314 g/mol. The molecule has 2 fully saturated rings. The van der Waals surface area contributed by atoms with Crippen LogP contribution in [0.1, 0.15) is 38.2 Å². The molecule has 5 nitrogen and oxygen atoms in total. The quantitative estimate of drug-likeness (QED) is 0.862. The number of carbonyl (C=O) groups is 1. The lowest BCUT2D eigenvalue weighted by atomic mass is 10.1. The van der Waals surface area contributed by atoms with E-state index in [2.05, 4.69) is 29.3 Å². The monoisotopic (exact) mass is 345 g/mol. The Hall–Kier alpha value is -1.59. The molecule has 2 aliphatic heterocycles. The summed E-state index contributed by atoms with van der Waals surface area (Å²) in [6, 6.07) is 10.8. The molecule has 1 aromatic carbocycles. The van der Waals surface area contributed by atoms with Crippen LogP contribution in [0, 0.1) is 0 Å². The number of urea groups is 1. The van der Waals surface area contributed by atoms with Crippen LogP contribution in [0.25, 0.3) is 0 Å². The van der Waals surface area contributed by atoms with Crippen molar-refractivity contribution in [3.05, 3.63) is 35.9 Å². The summed E-state index contributed by atoms with van der Waals surface area (Å²) >= 11 is 0. The van der Waals surface area contributed by atoms with E-state index in [0.29, 0.717) is 12.6 Å². The Morgan fingerprint density at radius 3 is 2.52 bits per heavy atom. The van der Waals surface area contributed by atoms with Gasteiger partial charge in [-0.1, -0.05) is 30.3 Å². The van der Waals surface area contributed by atoms with E-state index in [4.69, 9.17) is 4.74 Å². The highest BCUT2D eigenvalue weighted by Gasteiger charge is 2.24. The Labute approximate surface area is 151 Å². The van der Waals surface area contributed by atoms with Gasteiger partial charge in [-0.15, -0.1) is 0 Å². The highest BCUT2D eigenvalue weighted by Crippen LogP contribution is 2.16. The molecule has 1 aromatic rings. The maximum absolute atomic E-state index is 12.4. The first-order chi connectivity index (χ1) is 12.2. The SMILES string of the molecule is C[C@@H](CNC(=O)N1CCC(OCc2ccccc2)CC1)N1CCCC1. The second kappa shape index (κ2) is 9.20. The Kier molecular flexibility index (Phi) is 6.70. The van der Waals surface area contributed by atoms with Crippen LogP contribution in [0.15, 0.2) is 30.3 Å². The molecule has 138 valence electrons. The standard InChI is InChI=1S/C20H31N3O2/c1-17(22-11-5-6-12-22)15-21-20(24)23-13-9-19(10-14-23)25-16-18-7-3-2-4-8-18/h2-4,7-8,17,19H,5-6,9-16H2,1H3,(H,21,24)/t17-/m0/s1. The van der Waals surface area contributed by atoms with Crippen molar-refractivity contribution in [1.29, 1.82) is 0 Å². The molecule has 2 amide bonds. The van der Waals surface area contributed by atoms with E-state index in [1.807, 2.05) is 23.1 Å². The molecule has 0 radical (unpaired) electrons. The summed E-state index contributed by atoms with van der Waals surface area (Å²) in [6.07, 6.45) is 4.67. The first-order valence-corrected chi connectivity index (χ1v) is 9.65. The zero-order valence-electron chi connectivity index (χ0n) is 15.3. The minimum absolute atomic E-state index is 0.0764. The molecule has 1 atom stereocenters. The Bertz CT molecular complexity index is 523. The van der Waals surface area contributed by atoms with Gasteiger partial charge in [-0.3, -0.25) is 4.90 Å². The van der Waals surface area contributed by atoms with Gasteiger partial charge in [0, 0.05) is 25.7 Å². The van der Waals surface area contributed by atoms with Gasteiger partial charge in [0.05, 0.1) is 12.7 Å². The normalized spacial score (nSPS) is 20.6. The van der Waals surface area contributed by atoms with Gasteiger partial charge in [0.2, 0.25) is 0 Å². The number of ether oxygens (including phenoxy) is 1. The Morgan fingerprint density at radius 2 is 1.84 bits per heavy atom. The lowest BCUT2D eigenvalue weighted by molar-refractivity contribution is 0.00438. The molecule has 0 saturated carbocycles. The minimum Gasteiger partial charge on any atom is -0.373 e. The lowest BCUT2D eigenvalue weighted by Gasteiger charge is -2.33. The van der Waals surface area contributed by atoms with Gasteiger partial charge in [-0.2, -0.15) is 0 Å². The highest BCUT2D eigenvalue weighted by atomic mass is 16.5. The number of rotatable bonds is 6. The summed E-state index contributed by atoms with van der Waals surface area (Å²) < 4.78 is 6.00. The van der Waals surface area contributed by atoms with Crippen LogP contribution in [0.3, 0.4) is 0 Å². The molecule has 25 heavy (non-hydrogen) atoms. The number of carbonyl (C=O) groups excluding carboxylic acids is 1. The van der Waals surface area contributed by atoms with Crippen LogP contribution >= 0.6 is 0 Å². The van der Waals surface area contributed by atoms with Gasteiger partial charge in [0.25, 0.3) is 0 Å². The molecule has 0 aliphatic carbocycles. The van der Waals surface area contributed by atoms with Crippen LogP contribution < -0.4 is 5.32 Å². The van der Waals surface area contributed by atoms with Gasteiger partial charge in [-0.25, -0.2) is 4.79 Å². The highest BCUT2D eigenvalue weighted by molar-refractivity contribution is 5.74. The lowest BCUT2D eigenvalue weighted by Crippen LogP contribution is -2.49. The smallest absolute Gasteiger partial charge is 0.317 e. The molecule has 0 bridgehead atoms. The molecule has 3 rings (SSSR count). The summed E-state index contributed by atoms with van der Waals surface area (Å²) in [5.41, 5.74) is 1.21. The fraction of sp³-hybridized carbons (Fsp3) is 0.650. The topological polar surface area (TPSA) is 44.8 Å². The van der Waals surface area contributed by atoms with Crippen molar-refractivity contribution in [3.63, 3.8) is 0 Å². The number of nitrogens with one attached hydrogen (secondary N) is 1. The third-order valence-electron chi connectivity index (χ3n) is 5.37. The van der Waals surface area contributed by atoms with Crippen LogP contribution in [-0.4, -0.2) is 60.7 Å². The van der Waals surface area contributed by atoms with Crippen molar-refractivity contribution < 1.29 is 9.53 Å². The molecule has 2 aliphatic rings. The molecule has 0 spiro atoms. The minimum atomic E-state index is 0.0764. The van der Waals surface area contributed by atoms with E-state index in [1.165, 1.54) is 31.5 Å². The van der Waals surface area contributed by atoms with Gasteiger partial charge >= 0.3 is 6.03 Å². The summed E-state index contributed by atoms with van der Waals surface area (Å²) in [5, 5.41) is 3.11. The fourth-order valence-corrected chi connectivity index (χ4v) is 3.67. The third-order valence-corrected chi connectivity index (χ3v) is 5.37. The van der Waals surface area contributed by atoms with Crippen molar-refractivity contribution in [2.24, 2.45) is 0 Å². The average Bonchev–Trinajstić information content (AvgIpc) is 3.20. The van der Waals surface area contributed by atoms with Crippen LogP contribution in [0.5, 0.6) is 0 Å². The second-order valence-electron chi connectivity index (χ2n) is 7.26. The molecule has 2 heterocycles. The maximum atomic E-state index is 12.4. The zero-order chi connectivity index (χ0) is 17.5. The summed E-state index contributed by atoms with van der Waals surface area (Å²) in [5.74, 6) is 0. The number of hydrogen-bond donors (Lipinski definition) is 1. The molecule has 0 aromatic heterocycles. The second-order valence-corrected chi connectivity index (χ2v) is 7.26. The molecule has 5 heteroatoms. The van der Waals surface area contributed by atoms with Crippen molar-refractivity contribution in [2.45, 2.75) is 51.4 Å². The predicted molar refractivity (Wildman–Crippen MR) is 99.5 cm³/mol. The van der Waals surface area contributed by atoms with Crippen molar-refractivity contribution >= 4 is 6.03 Å². The largest absolute Gasteiger partial charge is 0.373 e. The number of likely N-dealkylation sites (tertiary alicyclic amines) is 2. The Balaban J connectivity index is 1.33. The van der Waals surface area contributed by atoms with Gasteiger partial charge < -0.3 is 15.0 Å². The first kappa shape index (κ1) is 18.2. The molecule has 2 saturated heterocycles. The molecule has 1 N–H and O–H groups in total. The Morgan fingerprint density at radius 1 is 1.16 bits per heavy atom. The van der Waals surface area contributed by atoms with E-state index in [9.17, 15) is 4.79 Å². The molecular formula is C20H31N3O2. The number of benzene rings is 1. The van der Waals surface area contributed by atoms with Crippen LogP contribution in [0.4, 0.5) is 4.79 Å². The first-order valence-electron chi connectivity index (χ1n) is 9.65. The maximum Gasteiger partial charge on any atom is 0.317 e. The van der Waals surface area contributed by atoms with Gasteiger partial charge in [-0.05, 0) is 51.3 Å². The van der Waals surface area contributed by atoms with Crippen LogP contribution in [0.2, 0.25) is 0 Å². The average molecular weight is 345 g/mol. The predicted octanol–water partition coefficient (Wildman–Crippen LogP) is 2.86. The fourth-order valence-electron chi connectivity index (χ4n) is 3.67. The van der Waals surface area contributed by atoms with Crippen molar-refractivity contribution in [2.75, 3.05) is 32.7 Å². The van der Waals surface area contributed by atoms with E-state index >= 15 is 0 Å². The van der Waals surface area contributed by atoms with Crippen molar-refractivity contribution in [3.8, 4) is 0 Å². The van der Waals surface area contributed by atoms with Crippen LogP contribution in [-0.2, 0) is 11.3 Å². The van der Waals surface area contributed by atoms with Crippen molar-refractivity contribution in [1.82, 2.24) is 15.1 Å². The van der Waals surface area contributed by atoms with Gasteiger partial charge in [0.1, 0.15) is 0 Å². The van der Waals surface area contributed by atoms with E-state index in [-0.39, 0.29) is 12.1 Å². The van der Waals surface area contributed by atoms with Gasteiger partial charge in [0.15, 0.2) is 0 Å². The zero-order valence-corrected chi connectivity index (χ0v) is 15.3. The number of amides is 2. The van der Waals surface area contributed by atoms with E-state index in [1.54, 1.807) is 0 Å². The number of nitrogens with zero attached hydrogens (tertiary/aromatic N) is 2. The summed E-state index contributed by atoms with van der Waals surface area (Å²) in [6.45, 7) is 7.50. The number of hydrogen-bond acceptors (Lipinski definition) is 3. The molecule has 0 unspecified atom stereocenters. The summed E-state index contributed by atoms with van der Waals surface area (Å²) in [7, 11) is 0. The van der Waals surface area contributed by atoms with E-state index < -0.39 is 0 Å². The summed E-state index contributed by atoms with van der Waals surface area (Å²) in [4.78, 5) is 16.8. The van der Waals surface area contributed by atoms with E-state index in [0.717, 1.165) is 32.5 Å². The number of piperidine rings is 1.